The molecular formula is C11H22N2O2S. The van der Waals surface area contributed by atoms with Gasteiger partial charge in [0.2, 0.25) is 0 Å². The molecule has 2 fully saturated rings. The minimum absolute atomic E-state index is 0.132. The first kappa shape index (κ1) is 12.3. The molecule has 16 heavy (non-hydrogen) atoms. The number of nitrogens with two attached hydrogens (primary N) is 1. The average Bonchev–Trinajstić information content (AvgIpc) is 2.18. The van der Waals surface area contributed by atoms with Crippen LogP contribution in [0.15, 0.2) is 0 Å². The molecular weight excluding hydrogens is 224 g/mol. The Hall–Kier alpha value is -0.130. The van der Waals surface area contributed by atoms with Crippen molar-refractivity contribution < 1.29 is 8.42 Å². The molecule has 2 N–H and O–H groups in total. The van der Waals surface area contributed by atoms with Crippen LogP contribution < -0.4 is 5.73 Å². The van der Waals surface area contributed by atoms with Gasteiger partial charge in [-0.1, -0.05) is 12.8 Å². The van der Waals surface area contributed by atoms with Gasteiger partial charge in [0, 0.05) is 24.7 Å². The van der Waals surface area contributed by atoms with Gasteiger partial charge >= 0.3 is 0 Å². The summed E-state index contributed by atoms with van der Waals surface area (Å²) in [7, 11) is -2.80. The average molecular weight is 246 g/mol. The molecule has 0 aromatic carbocycles. The highest BCUT2D eigenvalue weighted by atomic mass is 32.2. The summed E-state index contributed by atoms with van der Waals surface area (Å²) in [5.41, 5.74) is 6.15. The van der Waals surface area contributed by atoms with Crippen LogP contribution in [0, 0.1) is 0 Å². The van der Waals surface area contributed by atoms with Gasteiger partial charge in [-0.15, -0.1) is 0 Å². The zero-order valence-electron chi connectivity index (χ0n) is 9.93. The smallest absolute Gasteiger partial charge is 0.153 e. The monoisotopic (exact) mass is 246 g/mol. The van der Waals surface area contributed by atoms with Crippen LogP contribution >= 0.6 is 0 Å². The van der Waals surface area contributed by atoms with Crippen molar-refractivity contribution >= 4 is 9.84 Å². The van der Waals surface area contributed by atoms with Gasteiger partial charge in [0.05, 0.1) is 11.5 Å². The first-order valence-electron chi connectivity index (χ1n) is 6.21. The van der Waals surface area contributed by atoms with E-state index >= 15 is 0 Å². The van der Waals surface area contributed by atoms with Gasteiger partial charge in [-0.25, -0.2) is 8.42 Å². The van der Waals surface area contributed by atoms with E-state index in [0.29, 0.717) is 24.1 Å². The molecule has 1 heterocycles. The van der Waals surface area contributed by atoms with E-state index in [9.17, 15) is 8.42 Å². The summed E-state index contributed by atoms with van der Waals surface area (Å²) in [6, 6.07) is 0.768. The first-order valence-corrected chi connectivity index (χ1v) is 8.03. The first-order chi connectivity index (χ1) is 7.49. The molecule has 0 bridgehead atoms. The summed E-state index contributed by atoms with van der Waals surface area (Å²) in [5.74, 6) is 0.608. The molecule has 5 heteroatoms. The zero-order chi connectivity index (χ0) is 11.8. The zero-order valence-corrected chi connectivity index (χ0v) is 10.7. The van der Waals surface area contributed by atoms with E-state index in [1.165, 1.54) is 12.8 Å². The summed E-state index contributed by atoms with van der Waals surface area (Å²) in [4.78, 5) is 2.32. The molecule has 94 valence electrons. The second kappa shape index (κ2) is 4.63. The molecule has 3 unspecified atom stereocenters. The SMILES string of the molecule is CC1CS(=O)(=O)CCN1C1CCCCC1N. The van der Waals surface area contributed by atoms with Crippen LogP contribution in [0.4, 0.5) is 0 Å². The Balaban J connectivity index is 2.04. The summed E-state index contributed by atoms with van der Waals surface area (Å²) in [6.07, 6.45) is 4.67. The maximum Gasteiger partial charge on any atom is 0.153 e. The normalized spacial score (nSPS) is 40.8. The fourth-order valence-electron chi connectivity index (χ4n) is 3.06. The Bertz CT molecular complexity index is 342. The van der Waals surface area contributed by atoms with E-state index in [-0.39, 0.29) is 12.1 Å². The fraction of sp³-hybridized carbons (Fsp3) is 1.00. The largest absolute Gasteiger partial charge is 0.326 e. The van der Waals surface area contributed by atoms with Crippen LogP contribution in [-0.4, -0.2) is 49.5 Å². The summed E-state index contributed by atoms with van der Waals surface area (Å²) >= 11 is 0. The van der Waals surface area contributed by atoms with E-state index in [1.54, 1.807) is 0 Å². The van der Waals surface area contributed by atoms with E-state index in [4.69, 9.17) is 5.73 Å². The van der Waals surface area contributed by atoms with Crippen molar-refractivity contribution in [3.8, 4) is 0 Å². The van der Waals surface area contributed by atoms with Gasteiger partial charge in [0.25, 0.3) is 0 Å². The molecule has 0 spiro atoms. The van der Waals surface area contributed by atoms with Crippen LogP contribution in [0.2, 0.25) is 0 Å². The second-order valence-electron chi connectivity index (χ2n) is 5.22. The van der Waals surface area contributed by atoms with E-state index in [2.05, 4.69) is 4.90 Å². The summed E-state index contributed by atoms with van der Waals surface area (Å²) < 4.78 is 23.0. The molecule has 1 saturated carbocycles. The standard InChI is InChI=1S/C11H22N2O2S/c1-9-8-16(14,15)7-6-13(9)11-5-3-2-4-10(11)12/h9-11H,2-8,12H2,1H3. The quantitative estimate of drug-likeness (QED) is 0.726. The van der Waals surface area contributed by atoms with E-state index in [0.717, 1.165) is 12.8 Å². The highest BCUT2D eigenvalue weighted by molar-refractivity contribution is 7.91. The second-order valence-corrected chi connectivity index (χ2v) is 7.45. The minimum atomic E-state index is -2.80. The third-order valence-corrected chi connectivity index (χ3v) is 5.72. The van der Waals surface area contributed by atoms with Crippen LogP contribution in [0.25, 0.3) is 0 Å². The Labute approximate surface area is 98.1 Å². The van der Waals surface area contributed by atoms with Crippen molar-refractivity contribution in [3.05, 3.63) is 0 Å². The van der Waals surface area contributed by atoms with Crippen molar-refractivity contribution in [2.24, 2.45) is 5.73 Å². The Kier molecular flexibility index (Phi) is 3.56. The molecule has 3 atom stereocenters. The topological polar surface area (TPSA) is 63.4 Å². The van der Waals surface area contributed by atoms with Crippen LogP contribution in [0.1, 0.15) is 32.6 Å². The molecule has 4 nitrogen and oxygen atoms in total. The van der Waals surface area contributed by atoms with E-state index < -0.39 is 9.84 Å². The van der Waals surface area contributed by atoms with Gasteiger partial charge in [-0.3, -0.25) is 4.90 Å². The molecule has 2 rings (SSSR count). The lowest BCUT2D eigenvalue weighted by atomic mass is 9.89. The molecule has 0 amide bonds. The number of nitrogens with zero attached hydrogens (tertiary/aromatic N) is 1. The van der Waals surface area contributed by atoms with Crippen molar-refractivity contribution in [1.82, 2.24) is 4.90 Å². The summed E-state index contributed by atoms with van der Waals surface area (Å²) in [6.45, 7) is 2.68. The third-order valence-electron chi connectivity index (χ3n) is 3.93. The number of hydrogen-bond acceptors (Lipinski definition) is 4. The lowest BCUT2D eigenvalue weighted by Gasteiger charge is -2.43. The van der Waals surface area contributed by atoms with Crippen molar-refractivity contribution in [2.75, 3.05) is 18.1 Å². The molecule has 0 radical (unpaired) electrons. The van der Waals surface area contributed by atoms with Crippen LogP contribution in [0.5, 0.6) is 0 Å². The predicted octanol–water partition coefficient (Wildman–Crippen LogP) is 0.375. The van der Waals surface area contributed by atoms with Gasteiger partial charge in [0.1, 0.15) is 0 Å². The van der Waals surface area contributed by atoms with Gasteiger partial charge in [-0.05, 0) is 19.8 Å². The third kappa shape index (κ3) is 2.57. The molecule has 1 aliphatic carbocycles. The van der Waals surface area contributed by atoms with E-state index in [1.807, 2.05) is 6.92 Å². The predicted molar refractivity (Wildman–Crippen MR) is 65.1 cm³/mol. The molecule has 2 aliphatic rings. The minimum Gasteiger partial charge on any atom is -0.326 e. The van der Waals surface area contributed by atoms with Crippen molar-refractivity contribution in [1.29, 1.82) is 0 Å². The fourth-order valence-corrected chi connectivity index (χ4v) is 4.64. The molecule has 1 aliphatic heterocycles. The molecule has 1 saturated heterocycles. The number of sulfone groups is 1. The van der Waals surface area contributed by atoms with Crippen LogP contribution in [-0.2, 0) is 9.84 Å². The van der Waals surface area contributed by atoms with Crippen molar-refractivity contribution in [3.63, 3.8) is 0 Å². The highest BCUT2D eigenvalue weighted by Gasteiger charge is 2.35. The van der Waals surface area contributed by atoms with Gasteiger partial charge in [-0.2, -0.15) is 0 Å². The Morgan fingerprint density at radius 1 is 1.25 bits per heavy atom. The Morgan fingerprint density at radius 3 is 2.56 bits per heavy atom. The molecule has 0 aromatic rings. The van der Waals surface area contributed by atoms with Gasteiger partial charge in [0.15, 0.2) is 9.84 Å². The maximum absolute atomic E-state index is 11.5. The van der Waals surface area contributed by atoms with Crippen LogP contribution in [0.3, 0.4) is 0 Å². The maximum atomic E-state index is 11.5. The van der Waals surface area contributed by atoms with Gasteiger partial charge < -0.3 is 5.73 Å². The Morgan fingerprint density at radius 2 is 1.94 bits per heavy atom. The lowest BCUT2D eigenvalue weighted by molar-refractivity contribution is 0.108. The summed E-state index contributed by atoms with van der Waals surface area (Å²) in [5, 5.41) is 0. The van der Waals surface area contributed by atoms with Crippen molar-refractivity contribution in [2.45, 2.75) is 50.7 Å². The lowest BCUT2D eigenvalue weighted by Crippen LogP contribution is -2.58. The number of hydrogen-bond donors (Lipinski definition) is 1. The molecule has 0 aromatic heterocycles. The highest BCUT2D eigenvalue weighted by Crippen LogP contribution is 2.25. The number of rotatable bonds is 1.